The van der Waals surface area contributed by atoms with Crippen LogP contribution < -0.4 is 15.4 Å². The summed E-state index contributed by atoms with van der Waals surface area (Å²) in [5.41, 5.74) is -0.774. The van der Waals surface area contributed by atoms with Gasteiger partial charge in [0.2, 0.25) is 17.7 Å². The Hall–Kier alpha value is -3.51. The molecule has 6 rings (SSSR count). The minimum Gasteiger partial charge on any atom is -0.494 e. The Kier molecular flexibility index (Phi) is 9.15. The van der Waals surface area contributed by atoms with E-state index in [0.29, 0.717) is 69.2 Å². The SMILES string of the molecule is CCOc1ccc(NC(=O)[C@H]2[C@H]3C(=O)N([C@H](CO)c4ccccc4)C(C(=O)NCCN4CCOCC4)C34CC[C@]2(CC)O4)cc1. The van der Waals surface area contributed by atoms with Gasteiger partial charge in [0.05, 0.1) is 49.9 Å². The number of amides is 3. The van der Waals surface area contributed by atoms with Gasteiger partial charge in [0.1, 0.15) is 17.4 Å². The number of hydrogen-bond donors (Lipinski definition) is 3. The Morgan fingerprint density at radius 1 is 1.04 bits per heavy atom. The summed E-state index contributed by atoms with van der Waals surface area (Å²) >= 11 is 0. The second kappa shape index (κ2) is 13.1. The number of likely N-dealkylation sites (tertiary alicyclic amines) is 1. The highest BCUT2D eigenvalue weighted by molar-refractivity contribution is 6.02. The van der Waals surface area contributed by atoms with Crippen LogP contribution >= 0.6 is 0 Å². The van der Waals surface area contributed by atoms with E-state index in [1.54, 1.807) is 24.3 Å². The van der Waals surface area contributed by atoms with Crippen molar-refractivity contribution in [2.24, 2.45) is 11.8 Å². The molecule has 2 aromatic rings. The molecule has 45 heavy (non-hydrogen) atoms. The van der Waals surface area contributed by atoms with Crippen molar-refractivity contribution < 1.29 is 33.7 Å². The summed E-state index contributed by atoms with van der Waals surface area (Å²) in [6.45, 7) is 7.99. The highest BCUT2D eigenvalue weighted by Crippen LogP contribution is 2.65. The number of carbonyl (C=O) groups is 3. The quantitative estimate of drug-likeness (QED) is 0.330. The van der Waals surface area contributed by atoms with Crippen LogP contribution in [0.15, 0.2) is 54.6 Å². The van der Waals surface area contributed by atoms with Gasteiger partial charge in [-0.25, -0.2) is 0 Å². The standard InChI is InChI=1S/C34H44N4O7/c1-3-33-14-15-34(45-33)28(27(33)30(40)36-24-10-12-25(13-11-24)44-4-2)32(42)38(26(22-39)23-8-6-5-7-9-23)29(34)31(41)35-16-17-37-18-20-43-21-19-37/h5-13,26-29,39H,3-4,14-22H2,1-2H3,(H,35,41)(H,36,40)/t26-,27-,28+,29?,33+,34?/m1/s1. The summed E-state index contributed by atoms with van der Waals surface area (Å²) in [6.07, 6.45) is 1.54. The van der Waals surface area contributed by atoms with Gasteiger partial charge in [0.25, 0.3) is 0 Å². The summed E-state index contributed by atoms with van der Waals surface area (Å²) in [4.78, 5) is 46.8. The van der Waals surface area contributed by atoms with Crippen LogP contribution in [0.1, 0.15) is 44.7 Å². The van der Waals surface area contributed by atoms with Gasteiger partial charge in [-0.3, -0.25) is 19.3 Å². The van der Waals surface area contributed by atoms with Gasteiger partial charge in [-0.15, -0.1) is 0 Å². The lowest BCUT2D eigenvalue weighted by Gasteiger charge is -2.37. The molecule has 2 bridgehead atoms. The predicted octanol–water partition coefficient (Wildman–Crippen LogP) is 2.36. The highest BCUT2D eigenvalue weighted by atomic mass is 16.5. The zero-order valence-electron chi connectivity index (χ0n) is 26.1. The average molecular weight is 621 g/mol. The van der Waals surface area contributed by atoms with Crippen LogP contribution in [0.5, 0.6) is 5.75 Å². The number of hydrogen-bond acceptors (Lipinski definition) is 8. The molecule has 4 saturated heterocycles. The third-order valence-corrected chi connectivity index (χ3v) is 10.1. The van der Waals surface area contributed by atoms with E-state index in [-0.39, 0.29) is 24.3 Å². The molecule has 3 amide bonds. The lowest BCUT2D eigenvalue weighted by atomic mass is 9.65. The summed E-state index contributed by atoms with van der Waals surface area (Å²) in [7, 11) is 0. The van der Waals surface area contributed by atoms with Gasteiger partial charge in [-0.1, -0.05) is 37.3 Å². The molecule has 242 valence electrons. The lowest BCUT2D eigenvalue weighted by molar-refractivity contribution is -0.150. The number of aliphatic hydroxyl groups excluding tert-OH is 1. The first-order valence-electron chi connectivity index (χ1n) is 16.2. The minimum absolute atomic E-state index is 0.311. The van der Waals surface area contributed by atoms with Gasteiger partial charge >= 0.3 is 0 Å². The van der Waals surface area contributed by atoms with Crippen LogP contribution in [0.3, 0.4) is 0 Å². The van der Waals surface area contributed by atoms with Crippen molar-refractivity contribution in [1.29, 1.82) is 0 Å². The number of rotatable bonds is 12. The lowest BCUT2D eigenvalue weighted by Crippen LogP contribution is -2.57. The van der Waals surface area contributed by atoms with E-state index in [4.69, 9.17) is 14.2 Å². The first-order chi connectivity index (χ1) is 21.9. The van der Waals surface area contributed by atoms with E-state index in [1.807, 2.05) is 44.2 Å². The molecular formula is C34H44N4O7. The summed E-state index contributed by atoms with van der Waals surface area (Å²) < 4.78 is 17.9. The molecule has 1 spiro atoms. The van der Waals surface area contributed by atoms with Crippen LogP contribution in [0.4, 0.5) is 5.69 Å². The maximum Gasteiger partial charge on any atom is 0.245 e. The van der Waals surface area contributed by atoms with Crippen LogP contribution in [0.25, 0.3) is 0 Å². The molecule has 0 radical (unpaired) electrons. The van der Waals surface area contributed by atoms with E-state index >= 15 is 0 Å². The van der Waals surface area contributed by atoms with Crippen molar-refractivity contribution in [1.82, 2.24) is 15.1 Å². The number of carbonyl (C=O) groups excluding carboxylic acids is 3. The van der Waals surface area contributed by atoms with Gasteiger partial charge in [-0.05, 0) is 56.0 Å². The topological polar surface area (TPSA) is 130 Å². The molecule has 6 atom stereocenters. The normalized spacial score (nSPS) is 29.8. The summed E-state index contributed by atoms with van der Waals surface area (Å²) in [5.74, 6) is -1.96. The second-order valence-electron chi connectivity index (χ2n) is 12.4. The van der Waals surface area contributed by atoms with E-state index in [2.05, 4.69) is 15.5 Å². The van der Waals surface area contributed by atoms with Crippen LogP contribution in [0.2, 0.25) is 0 Å². The Balaban J connectivity index is 1.32. The Morgan fingerprint density at radius 3 is 2.44 bits per heavy atom. The van der Waals surface area contributed by atoms with Crippen molar-refractivity contribution in [2.45, 2.75) is 56.4 Å². The van der Waals surface area contributed by atoms with Gasteiger partial charge in [0.15, 0.2) is 0 Å². The third-order valence-electron chi connectivity index (χ3n) is 10.1. The highest BCUT2D eigenvalue weighted by Gasteiger charge is 2.79. The zero-order valence-corrected chi connectivity index (χ0v) is 26.1. The van der Waals surface area contributed by atoms with E-state index in [1.165, 1.54) is 4.90 Å². The monoisotopic (exact) mass is 620 g/mol. The number of fused-ring (bicyclic) bond motifs is 1. The number of aliphatic hydroxyl groups is 1. The van der Waals surface area contributed by atoms with Crippen molar-refractivity contribution >= 4 is 23.4 Å². The predicted molar refractivity (Wildman–Crippen MR) is 166 cm³/mol. The molecule has 4 heterocycles. The number of nitrogens with zero attached hydrogens (tertiary/aromatic N) is 2. The Bertz CT molecular complexity index is 1370. The molecule has 0 aliphatic carbocycles. The van der Waals surface area contributed by atoms with Crippen LogP contribution in [0, 0.1) is 11.8 Å². The summed E-state index contributed by atoms with van der Waals surface area (Å²) in [6, 6.07) is 14.6. The molecule has 2 aromatic carbocycles. The van der Waals surface area contributed by atoms with Gasteiger partial charge < -0.3 is 34.9 Å². The van der Waals surface area contributed by atoms with E-state index in [9.17, 15) is 19.5 Å². The number of nitrogens with one attached hydrogen (secondary N) is 2. The summed E-state index contributed by atoms with van der Waals surface area (Å²) in [5, 5.41) is 16.8. The first kappa shape index (κ1) is 31.5. The molecule has 3 N–H and O–H groups in total. The molecule has 11 heteroatoms. The van der Waals surface area contributed by atoms with Crippen molar-refractivity contribution in [3.8, 4) is 5.75 Å². The number of benzene rings is 2. The fourth-order valence-corrected chi connectivity index (χ4v) is 8.00. The number of morpholine rings is 1. The van der Waals surface area contributed by atoms with Gasteiger partial charge in [-0.2, -0.15) is 0 Å². The van der Waals surface area contributed by atoms with Crippen molar-refractivity contribution in [3.63, 3.8) is 0 Å². The molecule has 4 aliphatic rings. The van der Waals surface area contributed by atoms with Crippen LogP contribution in [-0.2, 0) is 23.9 Å². The minimum atomic E-state index is -1.20. The molecule has 11 nitrogen and oxygen atoms in total. The molecule has 4 aliphatic heterocycles. The van der Waals surface area contributed by atoms with E-state index < -0.39 is 35.1 Å². The molecule has 0 aromatic heterocycles. The second-order valence-corrected chi connectivity index (χ2v) is 12.4. The Labute approximate surface area is 264 Å². The maximum absolute atomic E-state index is 14.7. The fraction of sp³-hybridized carbons (Fsp3) is 0.559. The van der Waals surface area contributed by atoms with Crippen LogP contribution in [-0.4, -0.2) is 102 Å². The van der Waals surface area contributed by atoms with Crippen molar-refractivity contribution in [2.75, 3.05) is 57.9 Å². The smallest absolute Gasteiger partial charge is 0.245 e. The molecule has 4 fully saturated rings. The van der Waals surface area contributed by atoms with Crippen molar-refractivity contribution in [3.05, 3.63) is 60.2 Å². The van der Waals surface area contributed by atoms with Gasteiger partial charge in [0, 0.05) is 31.9 Å². The molecule has 2 unspecified atom stereocenters. The maximum atomic E-state index is 14.7. The molecular weight excluding hydrogens is 576 g/mol. The fourth-order valence-electron chi connectivity index (χ4n) is 8.00. The Morgan fingerprint density at radius 2 is 1.78 bits per heavy atom. The zero-order chi connectivity index (χ0) is 31.6. The molecule has 0 saturated carbocycles. The van der Waals surface area contributed by atoms with E-state index in [0.717, 1.165) is 13.1 Å². The third kappa shape index (κ3) is 5.60. The average Bonchev–Trinajstić information content (AvgIpc) is 3.67. The number of anilines is 1. The largest absolute Gasteiger partial charge is 0.494 e. The number of ether oxygens (including phenoxy) is 3. The first-order valence-corrected chi connectivity index (χ1v) is 16.2.